The van der Waals surface area contributed by atoms with Crippen molar-refractivity contribution in [2.45, 2.75) is 39.0 Å². The van der Waals surface area contributed by atoms with Gasteiger partial charge in [-0.1, -0.05) is 32.6 Å². The first kappa shape index (κ1) is 14.1. The maximum atomic E-state index is 13.3. The van der Waals surface area contributed by atoms with Gasteiger partial charge < -0.3 is 11.1 Å². The van der Waals surface area contributed by atoms with Gasteiger partial charge in [-0.25, -0.2) is 8.78 Å². The Balaban J connectivity index is 1.83. The Bertz CT molecular complexity index is 426. The molecule has 1 aromatic carbocycles. The molecule has 1 saturated carbocycles. The zero-order chi connectivity index (χ0) is 13.8. The molecule has 0 radical (unpaired) electrons. The highest BCUT2D eigenvalue weighted by Gasteiger charge is 2.17. The number of hydrogen-bond donors (Lipinski definition) is 2. The van der Waals surface area contributed by atoms with Crippen LogP contribution in [-0.4, -0.2) is 6.54 Å². The number of anilines is 2. The van der Waals surface area contributed by atoms with Crippen LogP contribution in [0.15, 0.2) is 12.1 Å². The molecule has 0 saturated heterocycles. The van der Waals surface area contributed by atoms with Gasteiger partial charge in [0, 0.05) is 12.6 Å². The molecule has 0 unspecified atom stereocenters. The van der Waals surface area contributed by atoms with Crippen LogP contribution in [-0.2, 0) is 0 Å². The van der Waals surface area contributed by atoms with Crippen molar-refractivity contribution in [2.24, 2.45) is 11.8 Å². The highest BCUT2D eigenvalue weighted by molar-refractivity contribution is 5.66. The fraction of sp³-hybridized carbons (Fsp3) is 0.600. The summed E-state index contributed by atoms with van der Waals surface area (Å²) < 4.78 is 26.4. The fourth-order valence-corrected chi connectivity index (χ4v) is 2.76. The highest BCUT2D eigenvalue weighted by Crippen LogP contribution is 2.30. The van der Waals surface area contributed by atoms with Crippen LogP contribution < -0.4 is 11.1 Å². The molecule has 2 rings (SSSR count). The summed E-state index contributed by atoms with van der Waals surface area (Å²) in [5, 5.41) is 3.05. The Labute approximate surface area is 113 Å². The smallest absolute Gasteiger partial charge is 0.151 e. The van der Waals surface area contributed by atoms with Crippen molar-refractivity contribution in [2.75, 3.05) is 17.6 Å². The van der Waals surface area contributed by atoms with Crippen LogP contribution >= 0.6 is 0 Å². The molecule has 1 aliphatic rings. The number of benzene rings is 1. The normalized spacial score (nSPS) is 23.3. The SMILES string of the molecule is CC1CCC(CCNc2cc(F)cc(F)c2N)CC1. The quantitative estimate of drug-likeness (QED) is 0.804. The highest BCUT2D eigenvalue weighted by atomic mass is 19.1. The Morgan fingerprint density at radius 1 is 1.21 bits per heavy atom. The van der Waals surface area contributed by atoms with Crippen LogP contribution in [0.1, 0.15) is 39.0 Å². The molecule has 1 aromatic rings. The average Bonchev–Trinajstić information content (AvgIpc) is 2.37. The van der Waals surface area contributed by atoms with Gasteiger partial charge in [-0.15, -0.1) is 0 Å². The number of rotatable bonds is 4. The van der Waals surface area contributed by atoms with Crippen molar-refractivity contribution in [3.8, 4) is 0 Å². The van der Waals surface area contributed by atoms with Gasteiger partial charge in [-0.3, -0.25) is 0 Å². The Morgan fingerprint density at radius 2 is 1.89 bits per heavy atom. The first-order chi connectivity index (χ1) is 9.06. The van der Waals surface area contributed by atoms with E-state index in [0.717, 1.165) is 24.3 Å². The van der Waals surface area contributed by atoms with Gasteiger partial charge in [0.1, 0.15) is 5.82 Å². The molecule has 2 nitrogen and oxygen atoms in total. The lowest BCUT2D eigenvalue weighted by Gasteiger charge is -2.26. The standard InChI is InChI=1S/C15H22F2N2/c1-10-2-4-11(5-3-10)6-7-19-14-9-12(16)8-13(17)15(14)18/h8-11,19H,2-7,18H2,1H3. The zero-order valence-corrected chi connectivity index (χ0v) is 11.4. The fourth-order valence-electron chi connectivity index (χ4n) is 2.76. The van der Waals surface area contributed by atoms with Crippen LogP contribution in [0.5, 0.6) is 0 Å². The third kappa shape index (κ3) is 3.82. The van der Waals surface area contributed by atoms with Crippen molar-refractivity contribution >= 4 is 11.4 Å². The number of nitrogen functional groups attached to an aromatic ring is 1. The van der Waals surface area contributed by atoms with E-state index < -0.39 is 11.6 Å². The minimum absolute atomic E-state index is 0.00123. The van der Waals surface area contributed by atoms with E-state index in [1.54, 1.807) is 0 Å². The molecule has 3 N–H and O–H groups in total. The maximum absolute atomic E-state index is 13.3. The molecule has 19 heavy (non-hydrogen) atoms. The lowest BCUT2D eigenvalue weighted by atomic mass is 9.81. The van der Waals surface area contributed by atoms with E-state index in [-0.39, 0.29) is 5.69 Å². The summed E-state index contributed by atoms with van der Waals surface area (Å²) in [5.41, 5.74) is 5.95. The van der Waals surface area contributed by atoms with E-state index in [1.807, 2.05) is 0 Å². The van der Waals surface area contributed by atoms with E-state index in [2.05, 4.69) is 12.2 Å². The van der Waals surface area contributed by atoms with Crippen LogP contribution in [0.2, 0.25) is 0 Å². The molecule has 0 aromatic heterocycles. The van der Waals surface area contributed by atoms with E-state index in [1.165, 1.54) is 31.7 Å². The molecule has 4 heteroatoms. The molecule has 0 amide bonds. The first-order valence-electron chi connectivity index (χ1n) is 7.04. The first-order valence-corrected chi connectivity index (χ1v) is 7.04. The Hall–Kier alpha value is -1.32. The molecular weight excluding hydrogens is 246 g/mol. The van der Waals surface area contributed by atoms with Gasteiger partial charge in [0.05, 0.1) is 11.4 Å². The van der Waals surface area contributed by atoms with Gasteiger partial charge in [-0.2, -0.15) is 0 Å². The lowest BCUT2D eigenvalue weighted by molar-refractivity contribution is 0.282. The zero-order valence-electron chi connectivity index (χ0n) is 11.4. The van der Waals surface area contributed by atoms with Crippen molar-refractivity contribution in [1.82, 2.24) is 0 Å². The van der Waals surface area contributed by atoms with E-state index in [4.69, 9.17) is 5.73 Å². The van der Waals surface area contributed by atoms with Gasteiger partial charge in [0.15, 0.2) is 5.82 Å². The molecule has 1 fully saturated rings. The van der Waals surface area contributed by atoms with Gasteiger partial charge in [-0.05, 0) is 24.3 Å². The summed E-state index contributed by atoms with van der Waals surface area (Å²) in [7, 11) is 0. The van der Waals surface area contributed by atoms with Gasteiger partial charge in [0.2, 0.25) is 0 Å². The summed E-state index contributed by atoms with van der Waals surface area (Å²) >= 11 is 0. The monoisotopic (exact) mass is 268 g/mol. The Morgan fingerprint density at radius 3 is 2.58 bits per heavy atom. The number of hydrogen-bond acceptors (Lipinski definition) is 2. The number of halogens is 2. The summed E-state index contributed by atoms with van der Waals surface area (Å²) in [6, 6.07) is 2.06. The van der Waals surface area contributed by atoms with Crippen LogP contribution in [0, 0.1) is 23.5 Å². The predicted octanol–water partition coefficient (Wildman–Crippen LogP) is 4.18. The summed E-state index contributed by atoms with van der Waals surface area (Å²) in [5.74, 6) is 0.273. The van der Waals surface area contributed by atoms with Crippen LogP contribution in [0.25, 0.3) is 0 Å². The number of nitrogens with two attached hydrogens (primary N) is 1. The predicted molar refractivity (Wildman–Crippen MR) is 75.0 cm³/mol. The Kier molecular flexibility index (Phi) is 4.61. The molecular formula is C15H22F2N2. The van der Waals surface area contributed by atoms with Gasteiger partial charge >= 0.3 is 0 Å². The van der Waals surface area contributed by atoms with Crippen molar-refractivity contribution in [3.05, 3.63) is 23.8 Å². The summed E-state index contributed by atoms with van der Waals surface area (Å²) in [4.78, 5) is 0. The maximum Gasteiger partial charge on any atom is 0.151 e. The third-order valence-corrected chi connectivity index (χ3v) is 4.10. The lowest BCUT2D eigenvalue weighted by Crippen LogP contribution is -2.16. The minimum Gasteiger partial charge on any atom is -0.395 e. The molecule has 1 aliphatic carbocycles. The molecule has 0 aliphatic heterocycles. The molecule has 0 bridgehead atoms. The van der Waals surface area contributed by atoms with Gasteiger partial charge in [0.25, 0.3) is 0 Å². The summed E-state index contributed by atoms with van der Waals surface area (Å²) in [6.45, 7) is 3.01. The van der Waals surface area contributed by atoms with Crippen LogP contribution in [0.3, 0.4) is 0 Å². The molecule has 106 valence electrons. The largest absolute Gasteiger partial charge is 0.395 e. The van der Waals surface area contributed by atoms with E-state index >= 15 is 0 Å². The second kappa shape index (κ2) is 6.22. The van der Waals surface area contributed by atoms with Crippen molar-refractivity contribution in [1.29, 1.82) is 0 Å². The summed E-state index contributed by atoms with van der Waals surface area (Å²) in [6.07, 6.45) is 6.14. The minimum atomic E-state index is -0.700. The second-order valence-electron chi connectivity index (χ2n) is 5.69. The van der Waals surface area contributed by atoms with E-state index in [0.29, 0.717) is 12.2 Å². The molecule has 0 spiro atoms. The molecule has 0 atom stereocenters. The van der Waals surface area contributed by atoms with Crippen LogP contribution in [0.4, 0.5) is 20.2 Å². The second-order valence-corrected chi connectivity index (χ2v) is 5.69. The average molecular weight is 268 g/mol. The van der Waals surface area contributed by atoms with E-state index in [9.17, 15) is 8.78 Å². The van der Waals surface area contributed by atoms with Crippen molar-refractivity contribution in [3.63, 3.8) is 0 Å². The topological polar surface area (TPSA) is 38.0 Å². The van der Waals surface area contributed by atoms with Crippen molar-refractivity contribution < 1.29 is 8.78 Å². The third-order valence-electron chi connectivity index (χ3n) is 4.10. The molecule has 0 heterocycles. The number of nitrogens with one attached hydrogen (secondary N) is 1.